The molecule has 10 heteroatoms. The van der Waals surface area contributed by atoms with E-state index in [1.807, 2.05) is 0 Å². The number of benzene rings is 1. The van der Waals surface area contributed by atoms with Crippen molar-refractivity contribution in [3.8, 4) is 17.1 Å². The van der Waals surface area contributed by atoms with Crippen LogP contribution in [0.2, 0.25) is 0 Å². The van der Waals surface area contributed by atoms with Crippen LogP contribution < -0.4 is 9.64 Å². The number of ether oxygens (including phenoxy) is 1. The molecule has 0 spiro atoms. The summed E-state index contributed by atoms with van der Waals surface area (Å²) >= 11 is 0. The molecule has 1 saturated heterocycles. The molecule has 146 valence electrons. The summed E-state index contributed by atoms with van der Waals surface area (Å²) in [6, 6.07) is 8.16. The topological polar surface area (TPSA) is 80.4 Å². The van der Waals surface area contributed by atoms with Crippen molar-refractivity contribution in [1.82, 2.24) is 25.0 Å². The van der Waals surface area contributed by atoms with Gasteiger partial charge in [0.25, 0.3) is 0 Å². The lowest BCUT2D eigenvalue weighted by Crippen LogP contribution is -2.46. The van der Waals surface area contributed by atoms with Gasteiger partial charge in [-0.15, -0.1) is 0 Å². The predicted octanol–water partition coefficient (Wildman–Crippen LogP) is 2.45. The van der Waals surface area contributed by atoms with E-state index in [-0.39, 0.29) is 11.6 Å². The van der Waals surface area contributed by atoms with Gasteiger partial charge >= 0.3 is 6.61 Å². The molecule has 0 radical (unpaired) electrons. The Morgan fingerprint density at radius 2 is 1.79 bits per heavy atom. The quantitative estimate of drug-likeness (QED) is 0.637. The van der Waals surface area contributed by atoms with Crippen LogP contribution in [0.15, 0.2) is 47.2 Å². The molecule has 0 N–H and O–H groups in total. The van der Waals surface area contributed by atoms with Gasteiger partial charge in [0, 0.05) is 38.6 Å². The normalized spacial score (nSPS) is 15.2. The Morgan fingerprint density at radius 3 is 2.54 bits per heavy atom. The van der Waals surface area contributed by atoms with Crippen LogP contribution in [0.3, 0.4) is 0 Å². The van der Waals surface area contributed by atoms with Crippen molar-refractivity contribution >= 4 is 5.95 Å². The van der Waals surface area contributed by atoms with E-state index in [1.54, 1.807) is 36.7 Å². The Kier molecular flexibility index (Phi) is 5.38. The second kappa shape index (κ2) is 8.26. The van der Waals surface area contributed by atoms with Crippen molar-refractivity contribution in [2.45, 2.75) is 13.2 Å². The third-order valence-corrected chi connectivity index (χ3v) is 4.38. The number of anilines is 1. The van der Waals surface area contributed by atoms with E-state index >= 15 is 0 Å². The second-order valence-electron chi connectivity index (χ2n) is 6.20. The molecule has 8 nitrogen and oxygen atoms in total. The monoisotopic (exact) mass is 388 g/mol. The molecule has 1 aromatic carbocycles. The zero-order valence-electron chi connectivity index (χ0n) is 14.9. The van der Waals surface area contributed by atoms with Gasteiger partial charge in [0.15, 0.2) is 0 Å². The summed E-state index contributed by atoms with van der Waals surface area (Å²) in [5.74, 6) is 1.38. The zero-order chi connectivity index (χ0) is 19.3. The number of hydrogen-bond donors (Lipinski definition) is 0. The van der Waals surface area contributed by atoms with E-state index in [9.17, 15) is 8.78 Å². The first kappa shape index (κ1) is 18.2. The summed E-state index contributed by atoms with van der Waals surface area (Å²) in [5.41, 5.74) is 0.365. The maximum absolute atomic E-state index is 12.6. The van der Waals surface area contributed by atoms with Crippen molar-refractivity contribution in [1.29, 1.82) is 0 Å². The number of para-hydroxylation sites is 1. The van der Waals surface area contributed by atoms with Crippen molar-refractivity contribution in [2.24, 2.45) is 0 Å². The molecule has 1 aliphatic rings. The summed E-state index contributed by atoms with van der Waals surface area (Å²) in [4.78, 5) is 17.2. The fraction of sp³-hybridized carbons (Fsp3) is 0.333. The predicted molar refractivity (Wildman–Crippen MR) is 95.9 cm³/mol. The Morgan fingerprint density at radius 1 is 1.04 bits per heavy atom. The number of nitrogens with zero attached hydrogens (tertiary/aromatic N) is 6. The highest BCUT2D eigenvalue weighted by molar-refractivity contribution is 5.63. The number of piperazine rings is 1. The second-order valence-corrected chi connectivity index (χ2v) is 6.20. The average Bonchev–Trinajstić information content (AvgIpc) is 3.17. The standard InChI is InChI=1S/C18H18F2N6O2/c19-17(20)27-14-5-2-1-4-13(14)16-23-15(28-24-16)12-25-8-10-26(11-9-25)18-21-6-3-7-22-18/h1-7,17H,8-12H2. The van der Waals surface area contributed by atoms with Crippen molar-refractivity contribution in [3.63, 3.8) is 0 Å². The van der Waals surface area contributed by atoms with Crippen molar-refractivity contribution in [3.05, 3.63) is 48.6 Å². The highest BCUT2D eigenvalue weighted by Gasteiger charge is 2.21. The van der Waals surface area contributed by atoms with Crippen molar-refractivity contribution < 1.29 is 18.0 Å². The number of alkyl halides is 2. The molecule has 3 aromatic rings. The van der Waals surface area contributed by atoms with Crippen LogP contribution in [0.4, 0.5) is 14.7 Å². The first-order chi connectivity index (χ1) is 13.7. The Labute approximate surface area is 159 Å². The molecule has 0 amide bonds. The van der Waals surface area contributed by atoms with Crippen LogP contribution in [-0.4, -0.2) is 57.8 Å². The van der Waals surface area contributed by atoms with Gasteiger partial charge < -0.3 is 14.2 Å². The van der Waals surface area contributed by atoms with E-state index < -0.39 is 6.61 Å². The summed E-state index contributed by atoms with van der Waals surface area (Å²) < 4.78 is 35.0. The number of hydrogen-bond acceptors (Lipinski definition) is 8. The zero-order valence-corrected chi connectivity index (χ0v) is 14.9. The van der Waals surface area contributed by atoms with Gasteiger partial charge in [0.2, 0.25) is 17.7 Å². The van der Waals surface area contributed by atoms with Crippen LogP contribution in [0.5, 0.6) is 5.75 Å². The third-order valence-electron chi connectivity index (χ3n) is 4.38. The lowest BCUT2D eigenvalue weighted by Gasteiger charge is -2.33. The Hall–Kier alpha value is -3.14. The van der Waals surface area contributed by atoms with E-state index in [4.69, 9.17) is 4.52 Å². The molecule has 28 heavy (non-hydrogen) atoms. The maximum atomic E-state index is 12.6. The molecule has 0 saturated carbocycles. The molecule has 0 atom stereocenters. The van der Waals surface area contributed by atoms with Gasteiger partial charge in [-0.3, -0.25) is 4.90 Å². The van der Waals surface area contributed by atoms with Crippen LogP contribution in [-0.2, 0) is 6.54 Å². The molecular weight excluding hydrogens is 370 g/mol. The minimum absolute atomic E-state index is 0.0151. The van der Waals surface area contributed by atoms with Crippen LogP contribution in [0.1, 0.15) is 5.89 Å². The SMILES string of the molecule is FC(F)Oc1ccccc1-c1noc(CN2CCN(c3ncccn3)CC2)n1. The number of rotatable bonds is 6. The number of aromatic nitrogens is 4. The van der Waals surface area contributed by atoms with Crippen LogP contribution >= 0.6 is 0 Å². The van der Waals surface area contributed by atoms with E-state index in [0.29, 0.717) is 18.0 Å². The molecule has 1 fully saturated rings. The first-order valence-electron chi connectivity index (χ1n) is 8.80. The Bertz CT molecular complexity index is 900. The van der Waals surface area contributed by atoms with Gasteiger partial charge in [-0.1, -0.05) is 17.3 Å². The van der Waals surface area contributed by atoms with Crippen LogP contribution in [0, 0.1) is 0 Å². The minimum Gasteiger partial charge on any atom is -0.434 e. The molecule has 0 unspecified atom stereocenters. The smallest absolute Gasteiger partial charge is 0.387 e. The highest BCUT2D eigenvalue weighted by Crippen LogP contribution is 2.29. The van der Waals surface area contributed by atoms with E-state index in [1.165, 1.54) is 6.07 Å². The van der Waals surface area contributed by atoms with E-state index in [2.05, 4.69) is 34.6 Å². The van der Waals surface area contributed by atoms with E-state index in [0.717, 1.165) is 32.1 Å². The molecule has 2 aromatic heterocycles. The van der Waals surface area contributed by atoms with Crippen molar-refractivity contribution in [2.75, 3.05) is 31.1 Å². The molecule has 4 rings (SSSR count). The molecule has 0 bridgehead atoms. The summed E-state index contributed by atoms with van der Waals surface area (Å²) in [6.45, 7) is 0.722. The average molecular weight is 388 g/mol. The lowest BCUT2D eigenvalue weighted by molar-refractivity contribution is -0.0494. The highest BCUT2D eigenvalue weighted by atomic mass is 19.3. The fourth-order valence-electron chi connectivity index (χ4n) is 3.03. The Balaban J connectivity index is 1.39. The molecule has 1 aliphatic heterocycles. The molecule has 3 heterocycles. The van der Waals surface area contributed by atoms with Crippen LogP contribution in [0.25, 0.3) is 11.4 Å². The third kappa shape index (κ3) is 4.22. The number of halogens is 2. The van der Waals surface area contributed by atoms with Gasteiger partial charge in [-0.2, -0.15) is 13.8 Å². The largest absolute Gasteiger partial charge is 0.434 e. The first-order valence-corrected chi connectivity index (χ1v) is 8.80. The lowest BCUT2D eigenvalue weighted by atomic mass is 10.2. The van der Waals surface area contributed by atoms with Gasteiger partial charge in [0.05, 0.1) is 12.1 Å². The minimum atomic E-state index is -2.92. The summed E-state index contributed by atoms with van der Waals surface area (Å²) in [7, 11) is 0. The van der Waals surface area contributed by atoms with Gasteiger partial charge in [-0.25, -0.2) is 9.97 Å². The molecule has 0 aliphatic carbocycles. The maximum Gasteiger partial charge on any atom is 0.387 e. The fourth-order valence-corrected chi connectivity index (χ4v) is 3.03. The summed E-state index contributed by atoms with van der Waals surface area (Å²) in [6.07, 6.45) is 3.45. The van der Waals surface area contributed by atoms with Gasteiger partial charge in [0.1, 0.15) is 5.75 Å². The molecular formula is C18H18F2N6O2. The summed E-state index contributed by atoms with van der Waals surface area (Å²) in [5, 5.41) is 3.91. The van der Waals surface area contributed by atoms with Gasteiger partial charge in [-0.05, 0) is 18.2 Å².